The summed E-state index contributed by atoms with van der Waals surface area (Å²) in [6, 6.07) is -1.41. The van der Waals surface area contributed by atoms with E-state index >= 15 is 0 Å². The number of ketones is 1. The van der Waals surface area contributed by atoms with Crippen molar-refractivity contribution in [1.82, 2.24) is 4.90 Å². The van der Waals surface area contributed by atoms with E-state index in [2.05, 4.69) is 0 Å². The Hall–Kier alpha value is -1.11. The topological polar surface area (TPSA) is 63.4 Å². The van der Waals surface area contributed by atoms with Crippen molar-refractivity contribution in [3.8, 4) is 0 Å². The smallest absolute Gasteiger partial charge is 0.319 e. The summed E-state index contributed by atoms with van der Waals surface area (Å²) < 4.78 is 35.5. The quantitative estimate of drug-likeness (QED) is 0.613. The fourth-order valence-corrected chi connectivity index (χ4v) is 1.11. The van der Waals surface area contributed by atoms with Gasteiger partial charge in [0.05, 0.1) is 13.1 Å². The van der Waals surface area contributed by atoms with Gasteiger partial charge in [0.15, 0.2) is 0 Å². The van der Waals surface area contributed by atoms with E-state index in [1.54, 1.807) is 0 Å². The molecule has 0 bridgehead atoms. The maximum absolute atomic E-state index is 11.8. The molecule has 0 aromatic carbocycles. The predicted molar refractivity (Wildman–Crippen MR) is 35.4 cm³/mol. The maximum atomic E-state index is 11.8. The molecule has 1 saturated heterocycles. The third kappa shape index (κ3) is 1.64. The van der Waals surface area contributed by atoms with Gasteiger partial charge in [-0.1, -0.05) is 0 Å². The van der Waals surface area contributed by atoms with Crippen LogP contribution in [0.1, 0.15) is 6.42 Å². The first kappa shape index (κ1) is 9.97. The van der Waals surface area contributed by atoms with Crippen molar-refractivity contribution in [1.29, 1.82) is 0 Å². The molecule has 1 rings (SSSR count). The molecule has 74 valence electrons. The van der Waals surface area contributed by atoms with Crippen molar-refractivity contribution in [3.05, 3.63) is 0 Å². The summed E-state index contributed by atoms with van der Waals surface area (Å²) in [5.41, 5.74) is 4.98. The van der Waals surface area contributed by atoms with Gasteiger partial charge in [0.2, 0.25) is 5.91 Å². The van der Waals surface area contributed by atoms with E-state index in [-0.39, 0.29) is 6.67 Å². The Morgan fingerprint density at radius 2 is 2.15 bits per heavy atom. The van der Waals surface area contributed by atoms with Crippen LogP contribution in [-0.4, -0.2) is 35.5 Å². The second kappa shape index (κ2) is 2.99. The molecule has 1 amide bonds. The number of Topliss-reactive ketones (excluding diaryl/α,β-unsaturated/α-hetero) is 1. The average molecular weight is 196 g/mol. The molecule has 1 heterocycles. The molecule has 2 N–H and O–H groups in total. The van der Waals surface area contributed by atoms with Crippen LogP contribution in [0.15, 0.2) is 0 Å². The minimum atomic E-state index is -4.89. The summed E-state index contributed by atoms with van der Waals surface area (Å²) in [4.78, 5) is 21.9. The van der Waals surface area contributed by atoms with E-state index in [1.165, 1.54) is 0 Å². The largest absolute Gasteiger partial charge is 0.452 e. The van der Waals surface area contributed by atoms with Crippen LogP contribution in [0, 0.1) is 0 Å². The number of nitrogens with two attached hydrogens (primary N) is 1. The lowest BCUT2D eigenvalue weighted by molar-refractivity contribution is -0.184. The molecule has 0 saturated carbocycles. The minimum Gasteiger partial charge on any atom is -0.319 e. The number of β-lactam (4-membered cyclic amide) rings is 1. The molecule has 13 heavy (non-hydrogen) atoms. The van der Waals surface area contributed by atoms with Crippen molar-refractivity contribution in [2.24, 2.45) is 5.73 Å². The van der Waals surface area contributed by atoms with E-state index in [1.807, 2.05) is 0 Å². The second-order valence-corrected chi connectivity index (χ2v) is 2.63. The highest BCUT2D eigenvalue weighted by atomic mass is 19.4. The summed E-state index contributed by atoms with van der Waals surface area (Å²) in [6.45, 7) is -0.356. The molecular formula is C6H7F3N2O2. The molecule has 1 aliphatic rings. The van der Waals surface area contributed by atoms with Crippen LogP contribution in [0.3, 0.4) is 0 Å². The summed E-state index contributed by atoms with van der Waals surface area (Å²) in [5, 5.41) is 0. The number of alkyl halides is 3. The molecule has 0 aliphatic carbocycles. The third-order valence-electron chi connectivity index (χ3n) is 1.84. The van der Waals surface area contributed by atoms with Crippen molar-refractivity contribution in [2.75, 3.05) is 6.67 Å². The van der Waals surface area contributed by atoms with E-state index in [0.717, 1.165) is 0 Å². The van der Waals surface area contributed by atoms with E-state index in [0.29, 0.717) is 4.90 Å². The van der Waals surface area contributed by atoms with Crippen LogP contribution in [0.5, 0.6) is 0 Å². The minimum absolute atomic E-state index is 0.356. The van der Waals surface area contributed by atoms with Gasteiger partial charge < -0.3 is 10.6 Å². The predicted octanol–water partition coefficient (Wildman–Crippen LogP) is -0.365. The second-order valence-electron chi connectivity index (χ2n) is 2.63. The van der Waals surface area contributed by atoms with Crippen molar-refractivity contribution >= 4 is 11.7 Å². The Balaban J connectivity index is 2.66. The molecule has 0 radical (unpaired) electrons. The van der Waals surface area contributed by atoms with Crippen molar-refractivity contribution < 1.29 is 22.8 Å². The van der Waals surface area contributed by atoms with Crippen LogP contribution in [0.25, 0.3) is 0 Å². The molecule has 0 aromatic heterocycles. The number of carbonyl (C=O) groups excluding carboxylic acids is 2. The van der Waals surface area contributed by atoms with Crippen molar-refractivity contribution in [3.63, 3.8) is 0 Å². The zero-order valence-corrected chi connectivity index (χ0v) is 6.47. The lowest BCUT2D eigenvalue weighted by atomic mass is 9.98. The van der Waals surface area contributed by atoms with Gasteiger partial charge in [-0.15, -0.1) is 0 Å². The highest BCUT2D eigenvalue weighted by Gasteiger charge is 2.51. The van der Waals surface area contributed by atoms with Crippen LogP contribution >= 0.6 is 0 Å². The molecule has 0 spiro atoms. The van der Waals surface area contributed by atoms with Gasteiger partial charge in [0, 0.05) is 0 Å². The first-order chi connectivity index (χ1) is 5.88. The van der Waals surface area contributed by atoms with E-state index in [4.69, 9.17) is 5.73 Å². The van der Waals surface area contributed by atoms with Crippen LogP contribution in [-0.2, 0) is 9.59 Å². The number of carbonyl (C=O) groups is 2. The molecular weight excluding hydrogens is 189 g/mol. The zero-order chi connectivity index (χ0) is 10.2. The first-order valence-corrected chi connectivity index (χ1v) is 3.48. The van der Waals surface area contributed by atoms with Gasteiger partial charge in [-0.2, -0.15) is 13.2 Å². The standard InChI is InChI=1S/C6H7F3N2O2/c7-6(8,9)5(13)3-1-4(12)11(3)2-10/h3H,1-2,10H2. The Labute approximate surface area is 71.5 Å². The number of likely N-dealkylation sites (tertiary alicyclic amines) is 1. The molecule has 1 unspecified atom stereocenters. The highest BCUT2D eigenvalue weighted by Crippen LogP contribution is 2.27. The maximum Gasteiger partial charge on any atom is 0.452 e. The Kier molecular flexibility index (Phi) is 2.29. The molecule has 0 aromatic rings. The van der Waals surface area contributed by atoms with Gasteiger partial charge in [-0.3, -0.25) is 9.59 Å². The van der Waals surface area contributed by atoms with Gasteiger partial charge >= 0.3 is 6.18 Å². The highest BCUT2D eigenvalue weighted by molar-refractivity contribution is 6.00. The number of rotatable bonds is 2. The number of halogens is 3. The number of amides is 1. The Bertz CT molecular complexity index is 251. The van der Waals surface area contributed by atoms with Gasteiger partial charge in [-0.05, 0) is 0 Å². The summed E-state index contributed by atoms with van der Waals surface area (Å²) in [7, 11) is 0. The average Bonchev–Trinajstić information content (AvgIpc) is 1.97. The van der Waals surface area contributed by atoms with Gasteiger partial charge in [-0.25, -0.2) is 0 Å². The Morgan fingerprint density at radius 3 is 2.46 bits per heavy atom. The van der Waals surface area contributed by atoms with E-state index in [9.17, 15) is 22.8 Å². The third-order valence-corrected chi connectivity index (χ3v) is 1.84. The molecule has 4 nitrogen and oxygen atoms in total. The van der Waals surface area contributed by atoms with Crippen molar-refractivity contribution in [2.45, 2.75) is 18.6 Å². The number of hydrogen-bond acceptors (Lipinski definition) is 3. The molecule has 1 aliphatic heterocycles. The van der Waals surface area contributed by atoms with E-state index < -0.39 is 30.3 Å². The monoisotopic (exact) mass is 196 g/mol. The first-order valence-electron chi connectivity index (χ1n) is 3.48. The van der Waals surface area contributed by atoms with Crippen LogP contribution < -0.4 is 5.73 Å². The lowest BCUT2D eigenvalue weighted by Gasteiger charge is -2.38. The Morgan fingerprint density at radius 1 is 1.62 bits per heavy atom. The van der Waals surface area contributed by atoms with Gasteiger partial charge in [0.1, 0.15) is 6.04 Å². The number of nitrogens with zero attached hydrogens (tertiary/aromatic N) is 1. The lowest BCUT2D eigenvalue weighted by Crippen LogP contribution is -2.61. The summed E-state index contributed by atoms with van der Waals surface area (Å²) in [5.74, 6) is -2.43. The van der Waals surface area contributed by atoms with Crippen LogP contribution in [0.4, 0.5) is 13.2 Å². The molecule has 7 heteroatoms. The fourth-order valence-electron chi connectivity index (χ4n) is 1.11. The summed E-state index contributed by atoms with van der Waals surface area (Å²) >= 11 is 0. The number of hydrogen-bond donors (Lipinski definition) is 1. The van der Waals surface area contributed by atoms with Gasteiger partial charge in [0.25, 0.3) is 5.78 Å². The SMILES string of the molecule is NCN1C(=O)CC1C(=O)C(F)(F)F. The summed E-state index contributed by atoms with van der Waals surface area (Å²) in [6.07, 6.45) is -5.28. The fraction of sp³-hybridized carbons (Fsp3) is 0.667. The molecule has 1 atom stereocenters. The van der Waals surface area contributed by atoms with Crippen LogP contribution in [0.2, 0.25) is 0 Å². The zero-order valence-electron chi connectivity index (χ0n) is 6.47. The normalized spacial score (nSPS) is 22.9. The molecule has 1 fully saturated rings.